The summed E-state index contributed by atoms with van der Waals surface area (Å²) in [5, 5.41) is 8.27. The van der Waals surface area contributed by atoms with Gasteiger partial charge in [0.15, 0.2) is 0 Å². The van der Waals surface area contributed by atoms with E-state index in [1.807, 2.05) is 13.0 Å². The second-order valence-corrected chi connectivity index (χ2v) is 2.10. The van der Waals surface area contributed by atoms with Gasteiger partial charge < -0.3 is 4.90 Å². The molecule has 0 aromatic carbocycles. The minimum atomic E-state index is -0.0246. The van der Waals surface area contributed by atoms with E-state index in [4.69, 9.17) is 5.26 Å². The van der Waals surface area contributed by atoms with Crippen LogP contribution in [-0.2, 0) is 4.79 Å². The fourth-order valence-electron chi connectivity index (χ4n) is 0.703. The number of rotatable bonds is 3. The van der Waals surface area contributed by atoms with Gasteiger partial charge >= 0.3 is 0 Å². The first-order valence-corrected chi connectivity index (χ1v) is 3.34. The van der Waals surface area contributed by atoms with Gasteiger partial charge in [0.2, 0.25) is 5.91 Å². The van der Waals surface area contributed by atoms with Crippen molar-refractivity contribution in [3.05, 3.63) is 0 Å². The topological polar surface area (TPSA) is 44.1 Å². The zero-order valence-corrected chi connectivity index (χ0v) is 6.42. The fraction of sp³-hybridized carbons (Fsp3) is 0.714. The molecule has 56 valence electrons. The third-order valence-electron chi connectivity index (χ3n) is 1.20. The summed E-state index contributed by atoms with van der Waals surface area (Å²) in [5.74, 6) is -0.0246. The van der Waals surface area contributed by atoms with E-state index in [0.29, 0.717) is 6.54 Å². The molecule has 0 unspecified atom stereocenters. The van der Waals surface area contributed by atoms with Crippen LogP contribution in [0.25, 0.3) is 0 Å². The average Bonchev–Trinajstić information content (AvgIpc) is 1.87. The summed E-state index contributed by atoms with van der Waals surface area (Å²) in [5.41, 5.74) is 0. The molecular formula is C7H12N2O. The summed E-state index contributed by atoms with van der Waals surface area (Å²) < 4.78 is 0. The Kier molecular flexibility index (Phi) is 4.30. The molecule has 0 fully saturated rings. The van der Waals surface area contributed by atoms with Crippen molar-refractivity contribution in [2.75, 3.05) is 13.1 Å². The molecule has 3 nitrogen and oxygen atoms in total. The molecule has 0 N–H and O–H groups in total. The molecular weight excluding hydrogens is 128 g/mol. The van der Waals surface area contributed by atoms with E-state index < -0.39 is 0 Å². The second-order valence-electron chi connectivity index (χ2n) is 2.10. The van der Waals surface area contributed by atoms with Crippen LogP contribution in [0.1, 0.15) is 20.3 Å². The number of nitrogens with zero attached hydrogens (tertiary/aromatic N) is 2. The van der Waals surface area contributed by atoms with Crippen molar-refractivity contribution in [1.82, 2.24) is 4.90 Å². The van der Waals surface area contributed by atoms with Crippen LogP contribution in [0.3, 0.4) is 0 Å². The SMILES string of the molecule is CCCN(CC#N)C(C)=O. The molecule has 0 radical (unpaired) electrons. The molecule has 0 spiro atoms. The van der Waals surface area contributed by atoms with Gasteiger partial charge in [0.1, 0.15) is 6.54 Å². The quantitative estimate of drug-likeness (QED) is 0.543. The van der Waals surface area contributed by atoms with Gasteiger partial charge in [0.05, 0.1) is 6.07 Å². The monoisotopic (exact) mass is 140 g/mol. The summed E-state index contributed by atoms with van der Waals surface area (Å²) in [7, 11) is 0. The van der Waals surface area contributed by atoms with Crippen LogP contribution in [0.4, 0.5) is 0 Å². The van der Waals surface area contributed by atoms with Crippen molar-refractivity contribution in [2.45, 2.75) is 20.3 Å². The lowest BCUT2D eigenvalue weighted by Gasteiger charge is -2.15. The van der Waals surface area contributed by atoms with Gasteiger partial charge in [0.25, 0.3) is 0 Å². The van der Waals surface area contributed by atoms with Crippen molar-refractivity contribution in [3.63, 3.8) is 0 Å². The van der Waals surface area contributed by atoms with Crippen molar-refractivity contribution in [3.8, 4) is 6.07 Å². The van der Waals surface area contributed by atoms with Crippen molar-refractivity contribution in [1.29, 1.82) is 5.26 Å². The summed E-state index contributed by atoms with van der Waals surface area (Å²) in [6.07, 6.45) is 0.904. The average molecular weight is 140 g/mol. The molecule has 0 aromatic heterocycles. The zero-order valence-electron chi connectivity index (χ0n) is 6.42. The predicted molar refractivity (Wildman–Crippen MR) is 38.2 cm³/mol. The first kappa shape index (κ1) is 8.96. The Morgan fingerprint density at radius 3 is 2.60 bits per heavy atom. The Labute approximate surface area is 61.2 Å². The lowest BCUT2D eigenvalue weighted by Crippen LogP contribution is -2.29. The lowest BCUT2D eigenvalue weighted by molar-refractivity contribution is -0.128. The molecule has 0 rings (SSSR count). The molecule has 0 aliphatic rings. The predicted octanol–water partition coefficient (Wildman–Crippen LogP) is 0.768. The smallest absolute Gasteiger partial charge is 0.220 e. The molecule has 1 amide bonds. The van der Waals surface area contributed by atoms with Crippen LogP contribution in [0.2, 0.25) is 0 Å². The summed E-state index contributed by atoms with van der Waals surface area (Å²) in [6, 6.07) is 1.94. The summed E-state index contributed by atoms with van der Waals surface area (Å²) >= 11 is 0. The number of carbonyl (C=O) groups excluding carboxylic acids is 1. The Morgan fingerprint density at radius 2 is 2.30 bits per heavy atom. The molecule has 10 heavy (non-hydrogen) atoms. The number of nitriles is 1. The molecule has 0 aliphatic heterocycles. The van der Waals surface area contributed by atoms with Gasteiger partial charge in [-0.1, -0.05) is 6.92 Å². The Morgan fingerprint density at radius 1 is 1.70 bits per heavy atom. The standard InChI is InChI=1S/C7H12N2O/c1-3-5-9(6-4-8)7(2)10/h3,5-6H2,1-2H3. The molecule has 0 aromatic rings. The minimum Gasteiger partial charge on any atom is -0.330 e. The van der Waals surface area contributed by atoms with Gasteiger partial charge in [-0.3, -0.25) is 4.79 Å². The van der Waals surface area contributed by atoms with E-state index in [9.17, 15) is 4.79 Å². The van der Waals surface area contributed by atoms with Gasteiger partial charge in [0, 0.05) is 13.5 Å². The molecule has 3 heteroatoms. The first-order valence-electron chi connectivity index (χ1n) is 3.34. The number of hydrogen-bond donors (Lipinski definition) is 0. The van der Waals surface area contributed by atoms with E-state index in [0.717, 1.165) is 6.42 Å². The highest BCUT2D eigenvalue weighted by atomic mass is 16.2. The van der Waals surface area contributed by atoms with Crippen LogP contribution in [-0.4, -0.2) is 23.9 Å². The number of carbonyl (C=O) groups is 1. The highest BCUT2D eigenvalue weighted by molar-refractivity contribution is 5.73. The van der Waals surface area contributed by atoms with E-state index >= 15 is 0 Å². The Bertz CT molecular complexity index is 148. The molecule has 0 atom stereocenters. The third-order valence-corrected chi connectivity index (χ3v) is 1.20. The van der Waals surface area contributed by atoms with Gasteiger partial charge in [-0.25, -0.2) is 0 Å². The molecule has 0 bridgehead atoms. The first-order chi connectivity index (χ1) is 4.72. The van der Waals surface area contributed by atoms with Gasteiger partial charge in [-0.15, -0.1) is 0 Å². The fourth-order valence-corrected chi connectivity index (χ4v) is 0.703. The van der Waals surface area contributed by atoms with Crippen LogP contribution < -0.4 is 0 Å². The minimum absolute atomic E-state index is 0.0246. The van der Waals surface area contributed by atoms with Crippen LogP contribution in [0.5, 0.6) is 0 Å². The molecule has 0 aliphatic carbocycles. The van der Waals surface area contributed by atoms with Crippen molar-refractivity contribution in [2.24, 2.45) is 0 Å². The maximum absolute atomic E-state index is 10.7. The zero-order chi connectivity index (χ0) is 7.98. The highest BCUT2D eigenvalue weighted by Crippen LogP contribution is 1.90. The number of hydrogen-bond acceptors (Lipinski definition) is 2. The van der Waals surface area contributed by atoms with E-state index in [-0.39, 0.29) is 12.5 Å². The van der Waals surface area contributed by atoms with Gasteiger partial charge in [-0.2, -0.15) is 5.26 Å². The Hall–Kier alpha value is -1.04. The largest absolute Gasteiger partial charge is 0.330 e. The van der Waals surface area contributed by atoms with E-state index in [1.54, 1.807) is 0 Å². The molecule has 0 heterocycles. The Balaban J connectivity index is 3.75. The summed E-state index contributed by atoms with van der Waals surface area (Å²) in [6.45, 7) is 4.35. The van der Waals surface area contributed by atoms with Crippen LogP contribution >= 0.6 is 0 Å². The lowest BCUT2D eigenvalue weighted by atomic mass is 10.4. The molecule has 0 saturated heterocycles. The van der Waals surface area contributed by atoms with Crippen molar-refractivity contribution >= 4 is 5.91 Å². The van der Waals surface area contributed by atoms with Crippen LogP contribution in [0, 0.1) is 11.3 Å². The van der Waals surface area contributed by atoms with Crippen LogP contribution in [0.15, 0.2) is 0 Å². The molecule has 0 saturated carbocycles. The summed E-state index contributed by atoms with van der Waals surface area (Å²) in [4.78, 5) is 12.2. The normalized spacial score (nSPS) is 8.50. The van der Waals surface area contributed by atoms with E-state index in [2.05, 4.69) is 0 Å². The maximum Gasteiger partial charge on any atom is 0.220 e. The van der Waals surface area contributed by atoms with E-state index in [1.165, 1.54) is 11.8 Å². The number of amides is 1. The maximum atomic E-state index is 10.7. The second kappa shape index (κ2) is 4.80. The van der Waals surface area contributed by atoms with Crippen molar-refractivity contribution < 1.29 is 4.79 Å². The third kappa shape index (κ3) is 3.08. The van der Waals surface area contributed by atoms with Gasteiger partial charge in [-0.05, 0) is 6.42 Å². The highest BCUT2D eigenvalue weighted by Gasteiger charge is 2.04.